The average molecular weight is 242 g/mol. The number of anilines is 1. The number of hydrogen-bond donors (Lipinski definition) is 2. The number of halogens is 1. The smallest absolute Gasteiger partial charge is 0.245 e. The van der Waals surface area contributed by atoms with Gasteiger partial charge >= 0.3 is 0 Å². The normalized spacial score (nSPS) is 20.4. The molecule has 1 fully saturated rings. The summed E-state index contributed by atoms with van der Waals surface area (Å²) in [7, 11) is 0. The number of aromatic nitrogens is 1. The third-order valence-electron chi connectivity index (χ3n) is 2.20. The SMILES string of the molecule is O=C(Nc1cccc(Cl)n1)C1COCCN1. The van der Waals surface area contributed by atoms with Crippen LogP contribution in [0.2, 0.25) is 5.15 Å². The minimum atomic E-state index is -0.325. The minimum absolute atomic E-state index is 0.158. The summed E-state index contributed by atoms with van der Waals surface area (Å²) >= 11 is 5.71. The van der Waals surface area contributed by atoms with Crippen molar-refractivity contribution in [3.05, 3.63) is 23.4 Å². The highest BCUT2D eigenvalue weighted by Crippen LogP contribution is 2.09. The summed E-state index contributed by atoms with van der Waals surface area (Å²) in [5, 5.41) is 6.08. The van der Waals surface area contributed by atoms with Gasteiger partial charge in [-0.2, -0.15) is 0 Å². The van der Waals surface area contributed by atoms with Crippen molar-refractivity contribution in [1.29, 1.82) is 0 Å². The van der Waals surface area contributed by atoms with E-state index in [0.717, 1.165) is 0 Å². The largest absolute Gasteiger partial charge is 0.378 e. The molecule has 1 aliphatic rings. The fourth-order valence-electron chi connectivity index (χ4n) is 1.43. The molecule has 6 heteroatoms. The van der Waals surface area contributed by atoms with Gasteiger partial charge in [-0.15, -0.1) is 0 Å². The molecule has 86 valence electrons. The first-order valence-electron chi connectivity index (χ1n) is 5.00. The zero-order valence-electron chi connectivity index (χ0n) is 8.57. The molecule has 2 rings (SSSR count). The molecule has 5 nitrogen and oxygen atoms in total. The first-order valence-corrected chi connectivity index (χ1v) is 5.38. The minimum Gasteiger partial charge on any atom is -0.378 e. The zero-order chi connectivity index (χ0) is 11.4. The van der Waals surface area contributed by atoms with Gasteiger partial charge in [-0.3, -0.25) is 4.79 Å². The van der Waals surface area contributed by atoms with Gasteiger partial charge < -0.3 is 15.4 Å². The molecule has 0 spiro atoms. The molecule has 0 bridgehead atoms. The van der Waals surface area contributed by atoms with Gasteiger partial charge in [0, 0.05) is 6.54 Å². The molecule has 2 heterocycles. The Bertz CT molecular complexity index is 380. The second kappa shape index (κ2) is 5.25. The summed E-state index contributed by atoms with van der Waals surface area (Å²) in [6, 6.07) is 4.75. The van der Waals surface area contributed by atoms with Crippen LogP contribution in [-0.4, -0.2) is 36.7 Å². The lowest BCUT2D eigenvalue weighted by atomic mass is 10.2. The Kier molecular flexibility index (Phi) is 3.71. The number of hydrogen-bond acceptors (Lipinski definition) is 4. The second-order valence-electron chi connectivity index (χ2n) is 3.42. The number of morpholine rings is 1. The van der Waals surface area contributed by atoms with Gasteiger partial charge in [-0.05, 0) is 12.1 Å². The molecular formula is C10H12ClN3O2. The highest BCUT2D eigenvalue weighted by Gasteiger charge is 2.21. The van der Waals surface area contributed by atoms with E-state index in [0.29, 0.717) is 30.7 Å². The molecule has 1 aromatic heterocycles. The lowest BCUT2D eigenvalue weighted by Crippen LogP contribution is -2.48. The molecule has 0 radical (unpaired) electrons. The van der Waals surface area contributed by atoms with Crippen LogP contribution in [0.3, 0.4) is 0 Å². The highest BCUT2D eigenvalue weighted by atomic mass is 35.5. The van der Waals surface area contributed by atoms with Crippen molar-refractivity contribution in [1.82, 2.24) is 10.3 Å². The van der Waals surface area contributed by atoms with Crippen molar-refractivity contribution in [3.63, 3.8) is 0 Å². The maximum absolute atomic E-state index is 11.7. The van der Waals surface area contributed by atoms with Gasteiger partial charge in [0.05, 0.1) is 13.2 Å². The summed E-state index contributed by atoms with van der Waals surface area (Å²) in [5.74, 6) is 0.291. The van der Waals surface area contributed by atoms with E-state index in [4.69, 9.17) is 16.3 Å². The predicted molar refractivity (Wildman–Crippen MR) is 60.5 cm³/mol. The quantitative estimate of drug-likeness (QED) is 0.747. The molecular weight excluding hydrogens is 230 g/mol. The Labute approximate surface area is 98.1 Å². The third kappa shape index (κ3) is 2.91. The molecule has 0 aliphatic carbocycles. The maximum Gasteiger partial charge on any atom is 0.245 e. The number of ether oxygens (including phenoxy) is 1. The van der Waals surface area contributed by atoms with Crippen LogP contribution >= 0.6 is 11.6 Å². The zero-order valence-corrected chi connectivity index (χ0v) is 9.33. The van der Waals surface area contributed by atoms with Crippen LogP contribution in [0.4, 0.5) is 5.82 Å². The number of nitrogens with zero attached hydrogens (tertiary/aromatic N) is 1. The fraction of sp³-hybridized carbons (Fsp3) is 0.400. The van der Waals surface area contributed by atoms with Gasteiger partial charge in [0.25, 0.3) is 0 Å². The third-order valence-corrected chi connectivity index (χ3v) is 2.42. The summed E-state index contributed by atoms with van der Waals surface area (Å²) in [6.45, 7) is 1.70. The predicted octanol–water partition coefficient (Wildman–Crippen LogP) is 0.662. The van der Waals surface area contributed by atoms with E-state index in [1.165, 1.54) is 0 Å². The monoisotopic (exact) mass is 241 g/mol. The van der Waals surface area contributed by atoms with Gasteiger partial charge in [0.1, 0.15) is 17.0 Å². The first-order chi connectivity index (χ1) is 7.75. The van der Waals surface area contributed by atoms with Crippen LogP contribution in [0.25, 0.3) is 0 Å². The van der Waals surface area contributed by atoms with Crippen LogP contribution in [0.1, 0.15) is 0 Å². The van der Waals surface area contributed by atoms with E-state index in [-0.39, 0.29) is 11.9 Å². The number of pyridine rings is 1. The fourth-order valence-corrected chi connectivity index (χ4v) is 1.59. The van der Waals surface area contributed by atoms with Crippen molar-refractivity contribution >= 4 is 23.3 Å². The van der Waals surface area contributed by atoms with E-state index in [2.05, 4.69) is 15.6 Å². The number of amides is 1. The standard InChI is InChI=1S/C10H12ClN3O2/c11-8-2-1-3-9(13-8)14-10(15)7-6-16-5-4-12-7/h1-3,7,12H,4-6H2,(H,13,14,15). The summed E-state index contributed by atoms with van der Waals surface area (Å²) in [6.07, 6.45) is 0. The summed E-state index contributed by atoms with van der Waals surface area (Å²) < 4.78 is 5.19. The van der Waals surface area contributed by atoms with Crippen molar-refractivity contribution in [2.24, 2.45) is 0 Å². The first kappa shape index (κ1) is 11.3. The molecule has 1 saturated heterocycles. The van der Waals surface area contributed by atoms with Crippen LogP contribution in [0, 0.1) is 0 Å². The number of rotatable bonds is 2. The van der Waals surface area contributed by atoms with Crippen LogP contribution in [-0.2, 0) is 9.53 Å². The van der Waals surface area contributed by atoms with E-state index >= 15 is 0 Å². The molecule has 1 unspecified atom stereocenters. The lowest BCUT2D eigenvalue weighted by molar-refractivity contribution is -0.120. The van der Waals surface area contributed by atoms with Gasteiger partial charge in [-0.1, -0.05) is 17.7 Å². The average Bonchev–Trinajstić information content (AvgIpc) is 2.30. The molecule has 0 aromatic carbocycles. The van der Waals surface area contributed by atoms with Crippen molar-refractivity contribution in [2.75, 3.05) is 25.1 Å². The van der Waals surface area contributed by atoms with E-state index in [1.807, 2.05) is 0 Å². The molecule has 1 aliphatic heterocycles. The Morgan fingerprint density at radius 3 is 3.19 bits per heavy atom. The van der Waals surface area contributed by atoms with E-state index in [1.54, 1.807) is 18.2 Å². The van der Waals surface area contributed by atoms with Crippen molar-refractivity contribution in [2.45, 2.75) is 6.04 Å². The number of carbonyl (C=O) groups excluding carboxylic acids is 1. The number of carbonyl (C=O) groups is 1. The van der Waals surface area contributed by atoms with E-state index < -0.39 is 0 Å². The van der Waals surface area contributed by atoms with E-state index in [9.17, 15) is 4.79 Å². The van der Waals surface area contributed by atoms with Crippen molar-refractivity contribution < 1.29 is 9.53 Å². The maximum atomic E-state index is 11.7. The number of nitrogens with one attached hydrogen (secondary N) is 2. The van der Waals surface area contributed by atoms with Crippen molar-refractivity contribution in [3.8, 4) is 0 Å². The van der Waals surface area contributed by atoms with Gasteiger partial charge in [0.15, 0.2) is 0 Å². The van der Waals surface area contributed by atoms with Crippen LogP contribution < -0.4 is 10.6 Å². The van der Waals surface area contributed by atoms with Crippen LogP contribution in [0.5, 0.6) is 0 Å². The Hall–Kier alpha value is -1.17. The summed E-state index contributed by atoms with van der Waals surface area (Å²) in [5.41, 5.74) is 0. The molecule has 16 heavy (non-hydrogen) atoms. The second-order valence-corrected chi connectivity index (χ2v) is 3.80. The lowest BCUT2D eigenvalue weighted by Gasteiger charge is -2.22. The molecule has 1 aromatic rings. The van der Waals surface area contributed by atoms with Gasteiger partial charge in [-0.25, -0.2) is 4.98 Å². The topological polar surface area (TPSA) is 63.2 Å². The Morgan fingerprint density at radius 2 is 2.50 bits per heavy atom. The molecule has 1 amide bonds. The molecule has 0 saturated carbocycles. The Balaban J connectivity index is 1.96. The highest BCUT2D eigenvalue weighted by molar-refractivity contribution is 6.29. The van der Waals surface area contributed by atoms with Gasteiger partial charge in [0.2, 0.25) is 5.91 Å². The molecule has 1 atom stereocenters. The Morgan fingerprint density at radius 1 is 1.62 bits per heavy atom. The summed E-state index contributed by atoms with van der Waals surface area (Å²) in [4.78, 5) is 15.7. The van der Waals surface area contributed by atoms with Crippen LogP contribution in [0.15, 0.2) is 18.2 Å². The molecule has 2 N–H and O–H groups in total.